The lowest BCUT2D eigenvalue weighted by atomic mass is 10.1. The zero-order chi connectivity index (χ0) is 13.5. The molecular weight excluding hydrogens is 250 g/mol. The van der Waals surface area contributed by atoms with Crippen molar-refractivity contribution in [3.8, 4) is 5.75 Å². The lowest BCUT2D eigenvalue weighted by Gasteiger charge is -2.11. The summed E-state index contributed by atoms with van der Waals surface area (Å²) in [4.78, 5) is 4.23. The molecule has 2 aliphatic carbocycles. The standard InChI is InChI=1S/C16H19N3O/c17-16-6-1-11-7-14(4-5-15(11)16)20-9-13-8-18-10-19(13)12-2-3-12/h4-5,7-8,10,12,16H,1-3,6,9,17H2/t16-/m0/s1. The number of ether oxygens (including phenoxy) is 1. The highest BCUT2D eigenvalue weighted by Crippen LogP contribution is 2.36. The zero-order valence-corrected chi connectivity index (χ0v) is 11.5. The lowest BCUT2D eigenvalue weighted by molar-refractivity contribution is 0.294. The Balaban J connectivity index is 1.48. The maximum absolute atomic E-state index is 6.06. The van der Waals surface area contributed by atoms with Crippen LogP contribution in [0.15, 0.2) is 30.7 Å². The van der Waals surface area contributed by atoms with Crippen molar-refractivity contribution in [3.63, 3.8) is 0 Å². The molecule has 0 amide bonds. The largest absolute Gasteiger partial charge is 0.487 e. The average Bonchev–Trinajstić information content (AvgIpc) is 3.09. The summed E-state index contributed by atoms with van der Waals surface area (Å²) >= 11 is 0. The Hall–Kier alpha value is -1.81. The van der Waals surface area contributed by atoms with Gasteiger partial charge in [-0.25, -0.2) is 4.98 Å². The molecule has 1 aromatic heterocycles. The van der Waals surface area contributed by atoms with Crippen LogP contribution in [0.2, 0.25) is 0 Å². The third kappa shape index (κ3) is 2.10. The zero-order valence-electron chi connectivity index (χ0n) is 11.5. The second-order valence-electron chi connectivity index (χ2n) is 5.82. The van der Waals surface area contributed by atoms with E-state index in [-0.39, 0.29) is 6.04 Å². The molecule has 104 valence electrons. The fraction of sp³-hybridized carbons (Fsp3) is 0.438. The van der Waals surface area contributed by atoms with Crippen molar-refractivity contribution in [2.24, 2.45) is 5.73 Å². The van der Waals surface area contributed by atoms with Gasteiger partial charge in [0.25, 0.3) is 0 Å². The van der Waals surface area contributed by atoms with Crippen LogP contribution in [0.3, 0.4) is 0 Å². The Bertz CT molecular complexity index is 630. The number of rotatable bonds is 4. The van der Waals surface area contributed by atoms with Crippen molar-refractivity contribution >= 4 is 0 Å². The quantitative estimate of drug-likeness (QED) is 0.928. The van der Waals surface area contributed by atoms with Crippen LogP contribution in [-0.4, -0.2) is 9.55 Å². The minimum absolute atomic E-state index is 0.204. The van der Waals surface area contributed by atoms with Crippen molar-refractivity contribution < 1.29 is 4.74 Å². The van der Waals surface area contributed by atoms with E-state index in [0.717, 1.165) is 24.3 Å². The van der Waals surface area contributed by atoms with Gasteiger partial charge in [0.15, 0.2) is 0 Å². The lowest BCUT2D eigenvalue weighted by Crippen LogP contribution is -2.05. The SMILES string of the molecule is N[C@H]1CCc2cc(OCc3cncn3C3CC3)ccc21. The maximum Gasteiger partial charge on any atom is 0.130 e. The summed E-state index contributed by atoms with van der Waals surface area (Å²) in [5.41, 5.74) is 9.83. The van der Waals surface area contributed by atoms with E-state index in [1.54, 1.807) is 0 Å². The molecule has 0 unspecified atom stereocenters. The first-order valence-corrected chi connectivity index (χ1v) is 7.33. The Kier molecular flexibility index (Phi) is 2.77. The fourth-order valence-corrected chi connectivity index (χ4v) is 3.00. The first kappa shape index (κ1) is 12.0. The summed E-state index contributed by atoms with van der Waals surface area (Å²) < 4.78 is 8.17. The monoisotopic (exact) mass is 269 g/mol. The molecule has 4 nitrogen and oxygen atoms in total. The Morgan fingerprint density at radius 2 is 2.20 bits per heavy atom. The average molecular weight is 269 g/mol. The molecule has 4 heteroatoms. The molecule has 2 aromatic rings. The predicted octanol–water partition coefficient (Wildman–Crippen LogP) is 2.74. The molecule has 0 bridgehead atoms. The van der Waals surface area contributed by atoms with Gasteiger partial charge in [0.1, 0.15) is 12.4 Å². The fourth-order valence-electron chi connectivity index (χ4n) is 3.00. The van der Waals surface area contributed by atoms with Crippen molar-refractivity contribution in [1.29, 1.82) is 0 Å². The molecule has 1 saturated carbocycles. The van der Waals surface area contributed by atoms with Crippen molar-refractivity contribution in [3.05, 3.63) is 47.5 Å². The van der Waals surface area contributed by atoms with Gasteiger partial charge in [0, 0.05) is 12.1 Å². The van der Waals surface area contributed by atoms with E-state index in [4.69, 9.17) is 10.5 Å². The van der Waals surface area contributed by atoms with E-state index in [0.29, 0.717) is 12.6 Å². The minimum Gasteiger partial charge on any atom is -0.487 e. The van der Waals surface area contributed by atoms with Crippen LogP contribution in [0.25, 0.3) is 0 Å². The number of benzene rings is 1. The van der Waals surface area contributed by atoms with Crippen LogP contribution in [0.1, 0.15) is 48.2 Å². The van der Waals surface area contributed by atoms with Crippen LogP contribution < -0.4 is 10.5 Å². The summed E-state index contributed by atoms with van der Waals surface area (Å²) in [5, 5.41) is 0. The summed E-state index contributed by atoms with van der Waals surface area (Å²) in [7, 11) is 0. The number of fused-ring (bicyclic) bond motifs is 1. The minimum atomic E-state index is 0.204. The van der Waals surface area contributed by atoms with Gasteiger partial charge in [-0.2, -0.15) is 0 Å². The van der Waals surface area contributed by atoms with E-state index >= 15 is 0 Å². The summed E-state index contributed by atoms with van der Waals surface area (Å²) in [5.74, 6) is 0.932. The summed E-state index contributed by atoms with van der Waals surface area (Å²) in [6.07, 6.45) is 8.46. The van der Waals surface area contributed by atoms with Crippen molar-refractivity contribution in [1.82, 2.24) is 9.55 Å². The summed E-state index contributed by atoms with van der Waals surface area (Å²) in [6, 6.07) is 7.13. The van der Waals surface area contributed by atoms with Gasteiger partial charge in [0.05, 0.1) is 18.2 Å². The Morgan fingerprint density at radius 3 is 3.05 bits per heavy atom. The van der Waals surface area contributed by atoms with Gasteiger partial charge in [0.2, 0.25) is 0 Å². The Labute approximate surface area is 118 Å². The second kappa shape index (κ2) is 4.63. The number of aromatic nitrogens is 2. The van der Waals surface area contributed by atoms with E-state index in [1.165, 1.54) is 24.0 Å². The Morgan fingerprint density at radius 1 is 1.30 bits per heavy atom. The number of hydrogen-bond donors (Lipinski definition) is 1. The molecule has 0 spiro atoms. The van der Waals surface area contributed by atoms with Gasteiger partial charge in [-0.3, -0.25) is 0 Å². The normalized spacial score (nSPS) is 20.9. The highest BCUT2D eigenvalue weighted by atomic mass is 16.5. The molecule has 0 radical (unpaired) electrons. The van der Waals surface area contributed by atoms with Crippen LogP contribution in [-0.2, 0) is 13.0 Å². The van der Waals surface area contributed by atoms with Gasteiger partial charge in [-0.05, 0) is 48.9 Å². The molecule has 20 heavy (non-hydrogen) atoms. The van der Waals surface area contributed by atoms with Gasteiger partial charge in [-0.1, -0.05) is 6.07 Å². The predicted molar refractivity (Wildman–Crippen MR) is 76.5 cm³/mol. The van der Waals surface area contributed by atoms with E-state index in [1.807, 2.05) is 18.6 Å². The molecule has 1 atom stereocenters. The number of nitrogens with two attached hydrogens (primary N) is 1. The van der Waals surface area contributed by atoms with E-state index in [2.05, 4.69) is 21.7 Å². The highest BCUT2D eigenvalue weighted by molar-refractivity contribution is 5.40. The van der Waals surface area contributed by atoms with Crippen LogP contribution >= 0.6 is 0 Å². The molecule has 0 saturated heterocycles. The summed E-state index contributed by atoms with van der Waals surface area (Å²) in [6.45, 7) is 0.585. The molecule has 1 heterocycles. The number of nitrogens with zero attached hydrogens (tertiary/aromatic N) is 2. The van der Waals surface area contributed by atoms with E-state index < -0.39 is 0 Å². The van der Waals surface area contributed by atoms with Crippen LogP contribution in [0.5, 0.6) is 5.75 Å². The molecular formula is C16H19N3O. The van der Waals surface area contributed by atoms with Gasteiger partial charge >= 0.3 is 0 Å². The first-order valence-electron chi connectivity index (χ1n) is 7.33. The van der Waals surface area contributed by atoms with Crippen molar-refractivity contribution in [2.45, 2.75) is 44.4 Å². The number of imidazole rings is 1. The topological polar surface area (TPSA) is 53.1 Å². The number of aryl methyl sites for hydroxylation is 1. The highest BCUT2D eigenvalue weighted by Gasteiger charge is 2.25. The van der Waals surface area contributed by atoms with E-state index in [9.17, 15) is 0 Å². The van der Waals surface area contributed by atoms with Crippen molar-refractivity contribution in [2.75, 3.05) is 0 Å². The first-order chi connectivity index (χ1) is 9.81. The van der Waals surface area contributed by atoms with Crippen LogP contribution in [0, 0.1) is 0 Å². The molecule has 0 aliphatic heterocycles. The molecule has 1 fully saturated rings. The third-order valence-corrected chi connectivity index (χ3v) is 4.31. The molecule has 2 N–H and O–H groups in total. The van der Waals surface area contributed by atoms with Gasteiger partial charge in [-0.15, -0.1) is 0 Å². The second-order valence-corrected chi connectivity index (χ2v) is 5.82. The maximum atomic E-state index is 6.06. The van der Waals surface area contributed by atoms with Crippen LogP contribution in [0.4, 0.5) is 0 Å². The molecule has 1 aromatic carbocycles. The molecule has 4 rings (SSSR count). The molecule has 2 aliphatic rings. The third-order valence-electron chi connectivity index (χ3n) is 4.31. The van der Waals surface area contributed by atoms with Gasteiger partial charge < -0.3 is 15.0 Å². The smallest absolute Gasteiger partial charge is 0.130 e. The number of hydrogen-bond acceptors (Lipinski definition) is 3.